The lowest BCUT2D eigenvalue weighted by Crippen LogP contribution is -2.33. The van der Waals surface area contributed by atoms with Crippen LogP contribution in [-0.4, -0.2) is 45.8 Å². The monoisotopic (exact) mass is 298 g/mol. The van der Waals surface area contributed by atoms with E-state index in [2.05, 4.69) is 31.0 Å². The summed E-state index contributed by atoms with van der Waals surface area (Å²) in [5, 5.41) is 3.47. The van der Waals surface area contributed by atoms with E-state index in [1.807, 2.05) is 12.1 Å². The van der Waals surface area contributed by atoms with Crippen LogP contribution in [0.15, 0.2) is 29.2 Å². The summed E-state index contributed by atoms with van der Waals surface area (Å²) in [7, 11) is -3.11. The molecule has 1 atom stereocenters. The normalized spacial score (nSPS) is 13.7. The van der Waals surface area contributed by atoms with Gasteiger partial charge in [0.2, 0.25) is 0 Å². The van der Waals surface area contributed by atoms with E-state index in [9.17, 15) is 8.42 Å². The third-order valence-corrected chi connectivity index (χ3v) is 4.71. The number of hydrogen-bond donors (Lipinski definition) is 1. The Bertz CT molecular complexity index is 493. The largest absolute Gasteiger partial charge is 0.309 e. The predicted molar refractivity (Wildman–Crippen MR) is 83.8 cm³/mol. The number of likely N-dealkylation sites (N-methyl/N-ethyl adjacent to an activating group) is 1. The van der Waals surface area contributed by atoms with Gasteiger partial charge in [-0.05, 0) is 37.7 Å². The van der Waals surface area contributed by atoms with Crippen molar-refractivity contribution in [2.24, 2.45) is 0 Å². The Morgan fingerprint density at radius 3 is 2.15 bits per heavy atom. The zero-order valence-corrected chi connectivity index (χ0v) is 13.7. The molecule has 1 aromatic carbocycles. The lowest BCUT2D eigenvalue weighted by Gasteiger charge is -2.20. The maximum Gasteiger partial charge on any atom is 0.175 e. The second-order valence-electron chi connectivity index (χ2n) is 5.04. The summed E-state index contributed by atoms with van der Waals surface area (Å²) in [6.07, 6.45) is 1.23. The van der Waals surface area contributed by atoms with Crippen LogP contribution in [0.25, 0.3) is 0 Å². The fraction of sp³-hybridized carbons (Fsp3) is 0.600. The molecule has 114 valence electrons. The summed E-state index contributed by atoms with van der Waals surface area (Å²) >= 11 is 0. The standard InChI is InChI=1S/C15H26N2O2S/c1-5-17(6-2)12-11-16-13(3)14-7-9-15(10-8-14)20(4,18)19/h7-10,13,16H,5-6,11-12H2,1-4H3. The van der Waals surface area contributed by atoms with E-state index in [-0.39, 0.29) is 6.04 Å². The van der Waals surface area contributed by atoms with Crippen molar-refractivity contribution < 1.29 is 8.42 Å². The van der Waals surface area contributed by atoms with Crippen LogP contribution >= 0.6 is 0 Å². The van der Waals surface area contributed by atoms with Crippen molar-refractivity contribution in [1.29, 1.82) is 0 Å². The molecule has 0 aromatic heterocycles. The van der Waals surface area contributed by atoms with Crippen molar-refractivity contribution in [3.63, 3.8) is 0 Å². The topological polar surface area (TPSA) is 49.4 Å². The SMILES string of the molecule is CCN(CC)CCNC(C)c1ccc(S(C)(=O)=O)cc1. The highest BCUT2D eigenvalue weighted by molar-refractivity contribution is 7.90. The van der Waals surface area contributed by atoms with Crippen LogP contribution in [0.5, 0.6) is 0 Å². The highest BCUT2D eigenvalue weighted by Crippen LogP contribution is 2.15. The third-order valence-electron chi connectivity index (χ3n) is 3.58. The summed E-state index contributed by atoms with van der Waals surface area (Å²) in [6, 6.07) is 7.33. The summed E-state index contributed by atoms with van der Waals surface area (Å²) in [5.74, 6) is 0. The second kappa shape index (κ2) is 7.76. The Hall–Kier alpha value is -0.910. The second-order valence-corrected chi connectivity index (χ2v) is 7.06. The molecule has 0 aliphatic rings. The molecular formula is C15H26N2O2S. The molecule has 1 rings (SSSR count). The highest BCUT2D eigenvalue weighted by atomic mass is 32.2. The molecule has 4 nitrogen and oxygen atoms in total. The Balaban J connectivity index is 2.54. The lowest BCUT2D eigenvalue weighted by molar-refractivity contribution is 0.298. The predicted octanol–water partition coefficient (Wildman–Crippen LogP) is 2.08. The van der Waals surface area contributed by atoms with Gasteiger partial charge >= 0.3 is 0 Å². The van der Waals surface area contributed by atoms with E-state index in [1.54, 1.807) is 12.1 Å². The molecule has 0 bridgehead atoms. The summed E-state index contributed by atoms with van der Waals surface area (Å²) in [6.45, 7) is 10.5. The van der Waals surface area contributed by atoms with Crippen LogP contribution in [0.1, 0.15) is 32.4 Å². The highest BCUT2D eigenvalue weighted by Gasteiger charge is 2.09. The van der Waals surface area contributed by atoms with Crippen LogP contribution < -0.4 is 5.32 Å². The van der Waals surface area contributed by atoms with E-state index in [0.29, 0.717) is 4.90 Å². The van der Waals surface area contributed by atoms with Gasteiger partial charge in [0, 0.05) is 25.4 Å². The van der Waals surface area contributed by atoms with Gasteiger partial charge in [-0.1, -0.05) is 26.0 Å². The van der Waals surface area contributed by atoms with Crippen LogP contribution in [-0.2, 0) is 9.84 Å². The van der Waals surface area contributed by atoms with Crippen molar-refractivity contribution in [1.82, 2.24) is 10.2 Å². The lowest BCUT2D eigenvalue weighted by atomic mass is 10.1. The van der Waals surface area contributed by atoms with Gasteiger partial charge in [-0.3, -0.25) is 0 Å². The average Bonchev–Trinajstić information content (AvgIpc) is 2.42. The molecule has 20 heavy (non-hydrogen) atoms. The molecule has 1 unspecified atom stereocenters. The molecule has 0 heterocycles. The Morgan fingerprint density at radius 1 is 1.15 bits per heavy atom. The molecule has 1 aromatic rings. The molecule has 0 radical (unpaired) electrons. The first kappa shape index (κ1) is 17.1. The molecule has 0 aliphatic heterocycles. The van der Waals surface area contributed by atoms with Crippen molar-refractivity contribution in [3.8, 4) is 0 Å². The first-order valence-electron chi connectivity index (χ1n) is 7.14. The molecule has 0 amide bonds. The van der Waals surface area contributed by atoms with Gasteiger partial charge in [0.05, 0.1) is 4.90 Å². The number of nitrogens with zero attached hydrogens (tertiary/aromatic N) is 1. The number of nitrogens with one attached hydrogen (secondary N) is 1. The smallest absolute Gasteiger partial charge is 0.175 e. The minimum Gasteiger partial charge on any atom is -0.309 e. The van der Waals surface area contributed by atoms with Crippen LogP contribution in [0.3, 0.4) is 0 Å². The first-order chi connectivity index (χ1) is 9.38. The Kier molecular flexibility index (Phi) is 6.65. The zero-order chi connectivity index (χ0) is 15.2. The maximum atomic E-state index is 11.4. The number of sulfone groups is 1. The Labute approximate surface area is 123 Å². The molecule has 1 N–H and O–H groups in total. The van der Waals surface area contributed by atoms with Crippen molar-refractivity contribution in [2.75, 3.05) is 32.4 Å². The maximum absolute atomic E-state index is 11.4. The summed E-state index contributed by atoms with van der Waals surface area (Å²) in [5.41, 5.74) is 1.11. The minimum absolute atomic E-state index is 0.221. The van der Waals surface area contributed by atoms with E-state index in [4.69, 9.17) is 0 Å². The van der Waals surface area contributed by atoms with E-state index in [1.165, 1.54) is 6.26 Å². The quantitative estimate of drug-likeness (QED) is 0.798. The van der Waals surface area contributed by atoms with Gasteiger partial charge in [0.15, 0.2) is 9.84 Å². The summed E-state index contributed by atoms with van der Waals surface area (Å²) < 4.78 is 22.8. The van der Waals surface area contributed by atoms with Gasteiger partial charge in [0.25, 0.3) is 0 Å². The van der Waals surface area contributed by atoms with Gasteiger partial charge in [-0.2, -0.15) is 0 Å². The van der Waals surface area contributed by atoms with Gasteiger partial charge in [-0.25, -0.2) is 8.42 Å². The van der Waals surface area contributed by atoms with Crippen molar-refractivity contribution >= 4 is 9.84 Å². The molecule has 0 aliphatic carbocycles. The van der Waals surface area contributed by atoms with E-state index >= 15 is 0 Å². The third kappa shape index (κ3) is 5.23. The van der Waals surface area contributed by atoms with Crippen molar-refractivity contribution in [3.05, 3.63) is 29.8 Å². The molecule has 0 spiro atoms. The average molecular weight is 298 g/mol. The minimum atomic E-state index is -3.11. The van der Waals surface area contributed by atoms with Gasteiger partial charge in [0.1, 0.15) is 0 Å². The molecule has 0 saturated carbocycles. The van der Waals surface area contributed by atoms with Crippen LogP contribution in [0.2, 0.25) is 0 Å². The fourth-order valence-electron chi connectivity index (χ4n) is 2.10. The van der Waals surface area contributed by atoms with E-state index in [0.717, 1.165) is 31.7 Å². The van der Waals surface area contributed by atoms with E-state index < -0.39 is 9.84 Å². The van der Waals surface area contributed by atoms with Gasteiger partial charge in [-0.15, -0.1) is 0 Å². The van der Waals surface area contributed by atoms with Gasteiger partial charge < -0.3 is 10.2 Å². The fourth-order valence-corrected chi connectivity index (χ4v) is 2.73. The number of benzene rings is 1. The zero-order valence-electron chi connectivity index (χ0n) is 12.9. The van der Waals surface area contributed by atoms with Crippen molar-refractivity contribution in [2.45, 2.75) is 31.7 Å². The Morgan fingerprint density at radius 2 is 1.70 bits per heavy atom. The first-order valence-corrected chi connectivity index (χ1v) is 9.03. The number of rotatable bonds is 8. The molecule has 5 heteroatoms. The van der Waals surface area contributed by atoms with Crippen LogP contribution in [0.4, 0.5) is 0 Å². The number of hydrogen-bond acceptors (Lipinski definition) is 4. The van der Waals surface area contributed by atoms with Crippen LogP contribution in [0, 0.1) is 0 Å². The summed E-state index contributed by atoms with van der Waals surface area (Å²) in [4.78, 5) is 2.74. The molecular weight excluding hydrogens is 272 g/mol. The molecule has 0 fully saturated rings. The molecule has 0 saturated heterocycles.